The van der Waals surface area contributed by atoms with Gasteiger partial charge in [0.05, 0.1) is 0 Å². The summed E-state index contributed by atoms with van der Waals surface area (Å²) in [6.45, 7) is 1.36. The van der Waals surface area contributed by atoms with E-state index in [4.69, 9.17) is 11.6 Å². The van der Waals surface area contributed by atoms with Gasteiger partial charge in [-0.05, 0) is 17.7 Å². The predicted octanol–water partition coefficient (Wildman–Crippen LogP) is 1.49. The largest absolute Gasteiger partial charge is 0.354 e. The number of nitrogens with one attached hydrogen (secondary N) is 2. The average molecular weight is 225 g/mol. The first-order valence-electron chi connectivity index (χ1n) is 5.01. The number of halogens is 1. The van der Waals surface area contributed by atoms with Crippen LogP contribution in [-0.4, -0.2) is 19.0 Å². The van der Waals surface area contributed by atoms with E-state index in [2.05, 4.69) is 10.6 Å². The molecule has 0 bridgehead atoms. The van der Waals surface area contributed by atoms with Crippen molar-refractivity contribution >= 4 is 17.5 Å². The second kappa shape index (κ2) is 4.64. The molecule has 0 spiro atoms. The predicted molar refractivity (Wildman–Crippen MR) is 59.8 cm³/mol. The molecule has 1 unspecified atom stereocenters. The minimum atomic E-state index is 0.110. The maximum absolute atomic E-state index is 11.1. The summed E-state index contributed by atoms with van der Waals surface area (Å²) in [7, 11) is 0. The van der Waals surface area contributed by atoms with Gasteiger partial charge in [0.15, 0.2) is 0 Å². The first kappa shape index (κ1) is 10.5. The Morgan fingerprint density at radius 1 is 1.27 bits per heavy atom. The van der Waals surface area contributed by atoms with Gasteiger partial charge in [-0.25, -0.2) is 0 Å². The molecule has 2 N–H and O–H groups in total. The molecule has 3 nitrogen and oxygen atoms in total. The number of amides is 1. The van der Waals surface area contributed by atoms with Gasteiger partial charge in [-0.2, -0.15) is 0 Å². The SMILES string of the molecule is O=C1CCNC(c2ccc(Cl)cc2)CN1. The lowest BCUT2D eigenvalue weighted by Gasteiger charge is -2.15. The van der Waals surface area contributed by atoms with Crippen LogP contribution in [0, 0.1) is 0 Å². The highest BCUT2D eigenvalue weighted by atomic mass is 35.5. The molecule has 4 heteroatoms. The Hall–Kier alpha value is -1.06. The van der Waals surface area contributed by atoms with E-state index in [-0.39, 0.29) is 11.9 Å². The van der Waals surface area contributed by atoms with Crippen molar-refractivity contribution in [2.24, 2.45) is 0 Å². The molecule has 1 atom stereocenters. The molecule has 15 heavy (non-hydrogen) atoms. The molecule has 0 aliphatic carbocycles. The van der Waals surface area contributed by atoms with Gasteiger partial charge in [-0.3, -0.25) is 4.79 Å². The molecule has 1 aromatic carbocycles. The fraction of sp³-hybridized carbons (Fsp3) is 0.364. The Labute approximate surface area is 93.8 Å². The fourth-order valence-electron chi connectivity index (χ4n) is 1.67. The van der Waals surface area contributed by atoms with Crippen LogP contribution in [0.1, 0.15) is 18.0 Å². The molecule has 0 saturated carbocycles. The number of benzene rings is 1. The van der Waals surface area contributed by atoms with Gasteiger partial charge in [0.25, 0.3) is 0 Å². The summed E-state index contributed by atoms with van der Waals surface area (Å²) in [4.78, 5) is 11.1. The topological polar surface area (TPSA) is 41.1 Å². The van der Waals surface area contributed by atoms with Gasteiger partial charge in [-0.1, -0.05) is 23.7 Å². The van der Waals surface area contributed by atoms with Gasteiger partial charge in [0.1, 0.15) is 0 Å². The van der Waals surface area contributed by atoms with Crippen LogP contribution < -0.4 is 10.6 Å². The van der Waals surface area contributed by atoms with E-state index in [1.807, 2.05) is 24.3 Å². The maximum atomic E-state index is 11.1. The Kier molecular flexibility index (Phi) is 3.23. The average Bonchev–Trinajstić information content (AvgIpc) is 2.44. The molecule has 0 aromatic heterocycles. The van der Waals surface area contributed by atoms with E-state index in [0.29, 0.717) is 13.0 Å². The van der Waals surface area contributed by atoms with Gasteiger partial charge in [0, 0.05) is 30.6 Å². The summed E-state index contributed by atoms with van der Waals surface area (Å²) in [5.41, 5.74) is 1.15. The van der Waals surface area contributed by atoms with Gasteiger partial charge in [-0.15, -0.1) is 0 Å². The zero-order chi connectivity index (χ0) is 10.7. The second-order valence-electron chi connectivity index (χ2n) is 3.61. The van der Waals surface area contributed by atoms with Crippen LogP contribution in [0.3, 0.4) is 0 Å². The van der Waals surface area contributed by atoms with E-state index in [1.165, 1.54) is 0 Å². The normalized spacial score (nSPS) is 21.9. The molecule has 1 saturated heterocycles. The van der Waals surface area contributed by atoms with Crippen LogP contribution in [0.25, 0.3) is 0 Å². The van der Waals surface area contributed by atoms with Crippen molar-refractivity contribution in [2.75, 3.05) is 13.1 Å². The molecule has 1 heterocycles. The molecule has 1 aliphatic rings. The smallest absolute Gasteiger partial charge is 0.221 e. The minimum absolute atomic E-state index is 0.110. The molecule has 1 amide bonds. The fourth-order valence-corrected chi connectivity index (χ4v) is 1.79. The zero-order valence-corrected chi connectivity index (χ0v) is 9.05. The van der Waals surface area contributed by atoms with E-state index in [0.717, 1.165) is 17.1 Å². The third-order valence-electron chi connectivity index (χ3n) is 2.52. The van der Waals surface area contributed by atoms with Gasteiger partial charge < -0.3 is 10.6 Å². The Balaban J connectivity index is 2.09. The highest BCUT2D eigenvalue weighted by Gasteiger charge is 2.16. The Bertz CT molecular complexity index is 350. The lowest BCUT2D eigenvalue weighted by atomic mass is 10.1. The van der Waals surface area contributed by atoms with Crippen LogP contribution in [-0.2, 0) is 4.79 Å². The van der Waals surface area contributed by atoms with Crippen molar-refractivity contribution in [3.63, 3.8) is 0 Å². The van der Waals surface area contributed by atoms with E-state index >= 15 is 0 Å². The van der Waals surface area contributed by atoms with Crippen molar-refractivity contribution in [3.8, 4) is 0 Å². The molecular formula is C11H13ClN2O. The number of hydrogen-bond acceptors (Lipinski definition) is 2. The molecule has 1 aliphatic heterocycles. The third kappa shape index (κ3) is 2.70. The summed E-state index contributed by atoms with van der Waals surface area (Å²) in [6.07, 6.45) is 0.546. The molecule has 1 aromatic rings. The van der Waals surface area contributed by atoms with Crippen LogP contribution in [0.5, 0.6) is 0 Å². The van der Waals surface area contributed by atoms with Crippen molar-refractivity contribution in [1.82, 2.24) is 10.6 Å². The van der Waals surface area contributed by atoms with Crippen molar-refractivity contribution < 1.29 is 4.79 Å². The minimum Gasteiger partial charge on any atom is -0.354 e. The summed E-state index contributed by atoms with van der Waals surface area (Å²) < 4.78 is 0. The van der Waals surface area contributed by atoms with Crippen molar-refractivity contribution in [3.05, 3.63) is 34.9 Å². The summed E-state index contributed by atoms with van der Waals surface area (Å²) in [6, 6.07) is 7.89. The second-order valence-corrected chi connectivity index (χ2v) is 4.05. The summed E-state index contributed by atoms with van der Waals surface area (Å²) >= 11 is 5.82. The number of carbonyl (C=O) groups excluding carboxylic acids is 1. The van der Waals surface area contributed by atoms with Crippen LogP contribution in [0.15, 0.2) is 24.3 Å². The van der Waals surface area contributed by atoms with E-state index in [9.17, 15) is 4.79 Å². The van der Waals surface area contributed by atoms with Crippen LogP contribution in [0.4, 0.5) is 0 Å². The monoisotopic (exact) mass is 224 g/mol. The molecule has 0 radical (unpaired) electrons. The number of hydrogen-bond donors (Lipinski definition) is 2. The molecule has 1 fully saturated rings. The lowest BCUT2D eigenvalue weighted by molar-refractivity contribution is -0.120. The third-order valence-corrected chi connectivity index (χ3v) is 2.77. The Morgan fingerprint density at radius 2 is 2.00 bits per heavy atom. The quantitative estimate of drug-likeness (QED) is 0.759. The first-order chi connectivity index (χ1) is 7.25. The van der Waals surface area contributed by atoms with E-state index in [1.54, 1.807) is 0 Å². The Morgan fingerprint density at radius 3 is 2.73 bits per heavy atom. The van der Waals surface area contributed by atoms with Crippen molar-refractivity contribution in [2.45, 2.75) is 12.5 Å². The standard InChI is InChI=1S/C11H13ClN2O/c12-9-3-1-8(2-4-9)10-7-14-11(15)5-6-13-10/h1-4,10,13H,5-7H2,(H,14,15). The van der Waals surface area contributed by atoms with Crippen LogP contribution >= 0.6 is 11.6 Å². The molecular weight excluding hydrogens is 212 g/mol. The first-order valence-corrected chi connectivity index (χ1v) is 5.39. The molecule has 2 rings (SSSR count). The van der Waals surface area contributed by atoms with Gasteiger partial charge >= 0.3 is 0 Å². The van der Waals surface area contributed by atoms with Crippen LogP contribution in [0.2, 0.25) is 5.02 Å². The summed E-state index contributed by atoms with van der Waals surface area (Å²) in [5, 5.41) is 6.93. The van der Waals surface area contributed by atoms with Crippen molar-refractivity contribution in [1.29, 1.82) is 0 Å². The molecule has 80 valence electrons. The lowest BCUT2D eigenvalue weighted by Crippen LogP contribution is -2.28. The van der Waals surface area contributed by atoms with E-state index < -0.39 is 0 Å². The zero-order valence-electron chi connectivity index (χ0n) is 8.29. The van der Waals surface area contributed by atoms with Gasteiger partial charge in [0.2, 0.25) is 5.91 Å². The highest BCUT2D eigenvalue weighted by molar-refractivity contribution is 6.30. The maximum Gasteiger partial charge on any atom is 0.221 e. The number of carbonyl (C=O) groups is 1. The highest BCUT2D eigenvalue weighted by Crippen LogP contribution is 2.16. The number of rotatable bonds is 1. The summed E-state index contributed by atoms with van der Waals surface area (Å²) in [5.74, 6) is 0.110.